The van der Waals surface area contributed by atoms with E-state index in [0.29, 0.717) is 11.4 Å². The molecule has 0 aliphatic heterocycles. The molecule has 0 spiro atoms. The number of aromatic nitrogens is 1. The largest absolute Gasteiger partial charge is 0.318 e. The predicted molar refractivity (Wildman–Crippen MR) is 85.3 cm³/mol. The molecule has 0 aliphatic carbocycles. The summed E-state index contributed by atoms with van der Waals surface area (Å²) in [6.45, 7) is 8.80. The maximum atomic E-state index is 13.1. The van der Waals surface area contributed by atoms with Gasteiger partial charge < -0.3 is 4.90 Å². The van der Waals surface area contributed by atoms with E-state index in [-0.39, 0.29) is 11.2 Å². The lowest BCUT2D eigenvalue weighted by Gasteiger charge is -2.20. The molecule has 3 nitrogen and oxygen atoms in total. The van der Waals surface area contributed by atoms with E-state index in [1.165, 1.54) is 23.5 Å². The monoisotopic (exact) mass is 306 g/mol. The molecule has 0 saturated carbocycles. The lowest BCUT2D eigenvalue weighted by atomic mass is 9.91. The second-order valence-electron chi connectivity index (χ2n) is 5.80. The Labute approximate surface area is 128 Å². The Morgan fingerprint density at radius 1 is 1.29 bits per heavy atom. The minimum Gasteiger partial charge on any atom is -0.318 e. The number of hydrogen-bond donors (Lipinski definition) is 0. The first-order chi connectivity index (χ1) is 9.86. The van der Waals surface area contributed by atoms with Gasteiger partial charge in [-0.15, -0.1) is 0 Å². The summed E-state index contributed by atoms with van der Waals surface area (Å²) in [7, 11) is 0. The van der Waals surface area contributed by atoms with Gasteiger partial charge in [-0.3, -0.25) is 4.79 Å². The summed E-state index contributed by atoms with van der Waals surface area (Å²) >= 11 is 1.37. The number of anilines is 2. The molecule has 2 rings (SSSR count). The van der Waals surface area contributed by atoms with Crippen molar-refractivity contribution >= 4 is 28.4 Å². The van der Waals surface area contributed by atoms with Gasteiger partial charge in [-0.05, 0) is 31.2 Å². The molecule has 0 radical (unpaired) electrons. The summed E-state index contributed by atoms with van der Waals surface area (Å²) in [6, 6.07) is 6.29. The molecule has 112 valence electrons. The molecule has 0 bridgehead atoms. The van der Waals surface area contributed by atoms with E-state index in [0.717, 1.165) is 22.8 Å². The third-order valence-corrected chi connectivity index (χ3v) is 4.15. The molecule has 21 heavy (non-hydrogen) atoms. The maximum Gasteiger partial charge on any atom is 0.190 e. The van der Waals surface area contributed by atoms with Gasteiger partial charge in [0.1, 0.15) is 5.82 Å². The first-order valence-corrected chi connectivity index (χ1v) is 7.68. The van der Waals surface area contributed by atoms with Crippen LogP contribution in [0.4, 0.5) is 15.2 Å². The van der Waals surface area contributed by atoms with Crippen molar-refractivity contribution in [2.75, 3.05) is 11.4 Å². The number of thiazole rings is 1. The van der Waals surface area contributed by atoms with Crippen molar-refractivity contribution in [3.8, 4) is 0 Å². The number of carbonyl (C=O) groups is 1. The number of hydrogen-bond acceptors (Lipinski definition) is 4. The summed E-state index contributed by atoms with van der Waals surface area (Å²) in [5, 5.41) is 0.760. The standard InChI is InChI=1S/C16H19FN2OS/c1-5-19(12-8-6-11(17)7-9-12)15-18-14(16(2,3)4)13(10-20)21-15/h6-10H,5H2,1-4H3. The number of aldehydes is 1. The van der Waals surface area contributed by atoms with Crippen molar-refractivity contribution in [2.45, 2.75) is 33.1 Å². The van der Waals surface area contributed by atoms with Crippen LogP contribution in [0.5, 0.6) is 0 Å². The molecule has 0 N–H and O–H groups in total. The highest BCUT2D eigenvalue weighted by Crippen LogP contribution is 2.35. The Balaban J connectivity index is 2.46. The average molecular weight is 306 g/mol. The molecule has 0 aliphatic rings. The van der Waals surface area contributed by atoms with Crippen molar-refractivity contribution in [1.29, 1.82) is 0 Å². The highest BCUT2D eigenvalue weighted by molar-refractivity contribution is 7.17. The van der Waals surface area contributed by atoms with Crippen LogP contribution in [0.1, 0.15) is 43.1 Å². The number of benzene rings is 1. The fourth-order valence-corrected chi connectivity index (χ4v) is 3.28. The quantitative estimate of drug-likeness (QED) is 0.777. The van der Waals surface area contributed by atoms with Crippen molar-refractivity contribution in [1.82, 2.24) is 4.98 Å². The van der Waals surface area contributed by atoms with Gasteiger partial charge in [-0.1, -0.05) is 32.1 Å². The zero-order chi connectivity index (χ0) is 15.6. The lowest BCUT2D eigenvalue weighted by Crippen LogP contribution is -2.17. The molecular weight excluding hydrogens is 287 g/mol. The predicted octanol–water partition coefficient (Wildman–Crippen LogP) is 4.55. The number of carbonyl (C=O) groups excluding carboxylic acids is 1. The summed E-state index contributed by atoms with van der Waals surface area (Å²) in [4.78, 5) is 18.6. The Kier molecular flexibility index (Phi) is 4.42. The molecular formula is C16H19FN2OS. The average Bonchev–Trinajstić information content (AvgIpc) is 2.86. The molecule has 2 aromatic rings. The van der Waals surface area contributed by atoms with Crippen LogP contribution < -0.4 is 4.90 Å². The van der Waals surface area contributed by atoms with Gasteiger partial charge in [0.25, 0.3) is 0 Å². The van der Waals surface area contributed by atoms with Crippen molar-refractivity contribution in [3.63, 3.8) is 0 Å². The lowest BCUT2D eigenvalue weighted by molar-refractivity contribution is 0.112. The fourth-order valence-electron chi connectivity index (χ4n) is 2.10. The van der Waals surface area contributed by atoms with Gasteiger partial charge in [0, 0.05) is 17.6 Å². The molecule has 0 atom stereocenters. The summed E-state index contributed by atoms with van der Waals surface area (Å²) in [5.74, 6) is -0.266. The highest BCUT2D eigenvalue weighted by atomic mass is 32.1. The van der Waals surface area contributed by atoms with Crippen LogP contribution >= 0.6 is 11.3 Å². The molecule has 0 fully saturated rings. The van der Waals surface area contributed by atoms with Gasteiger partial charge in [-0.2, -0.15) is 0 Å². The maximum absolute atomic E-state index is 13.1. The van der Waals surface area contributed by atoms with Crippen LogP contribution in [0, 0.1) is 5.82 Å². The Morgan fingerprint density at radius 2 is 1.90 bits per heavy atom. The molecule has 1 heterocycles. The first kappa shape index (κ1) is 15.6. The van der Waals surface area contributed by atoms with E-state index in [1.54, 1.807) is 12.1 Å². The van der Waals surface area contributed by atoms with Gasteiger partial charge in [0.15, 0.2) is 11.4 Å². The van der Waals surface area contributed by atoms with Crippen LogP contribution in [0.3, 0.4) is 0 Å². The molecule has 0 saturated heterocycles. The number of halogens is 1. The van der Waals surface area contributed by atoms with Crippen LogP contribution in [0.15, 0.2) is 24.3 Å². The van der Waals surface area contributed by atoms with E-state index >= 15 is 0 Å². The second kappa shape index (κ2) is 5.93. The molecule has 1 aromatic carbocycles. The number of nitrogens with zero attached hydrogens (tertiary/aromatic N) is 2. The normalized spacial score (nSPS) is 11.5. The van der Waals surface area contributed by atoms with Crippen molar-refractivity contribution < 1.29 is 9.18 Å². The zero-order valence-electron chi connectivity index (χ0n) is 12.7. The molecule has 1 aromatic heterocycles. The summed E-state index contributed by atoms with van der Waals surface area (Å²) < 4.78 is 13.1. The third-order valence-electron chi connectivity index (χ3n) is 3.14. The van der Waals surface area contributed by atoms with E-state index in [1.807, 2.05) is 32.6 Å². The molecule has 5 heteroatoms. The Morgan fingerprint density at radius 3 is 2.33 bits per heavy atom. The topological polar surface area (TPSA) is 33.2 Å². The van der Waals surface area contributed by atoms with E-state index in [9.17, 15) is 9.18 Å². The minimum absolute atomic E-state index is 0.187. The van der Waals surface area contributed by atoms with E-state index in [4.69, 9.17) is 0 Å². The Bertz CT molecular complexity index is 629. The van der Waals surface area contributed by atoms with Gasteiger partial charge in [0.2, 0.25) is 0 Å². The molecule has 0 unspecified atom stereocenters. The van der Waals surface area contributed by atoms with Crippen LogP contribution in [-0.4, -0.2) is 17.8 Å². The smallest absolute Gasteiger partial charge is 0.190 e. The van der Waals surface area contributed by atoms with Crippen LogP contribution in [0.25, 0.3) is 0 Å². The summed E-state index contributed by atoms with van der Waals surface area (Å²) in [5.41, 5.74) is 1.48. The van der Waals surface area contributed by atoms with Crippen LogP contribution in [0.2, 0.25) is 0 Å². The van der Waals surface area contributed by atoms with Crippen LogP contribution in [-0.2, 0) is 5.41 Å². The van der Waals surface area contributed by atoms with Gasteiger partial charge in [0.05, 0.1) is 10.6 Å². The fraction of sp³-hybridized carbons (Fsp3) is 0.375. The summed E-state index contributed by atoms with van der Waals surface area (Å²) in [6.07, 6.45) is 0.861. The van der Waals surface area contributed by atoms with E-state index in [2.05, 4.69) is 4.98 Å². The SMILES string of the molecule is CCN(c1ccc(F)cc1)c1nc(C(C)(C)C)c(C=O)s1. The number of rotatable bonds is 4. The zero-order valence-corrected chi connectivity index (χ0v) is 13.5. The van der Waals surface area contributed by atoms with Crippen molar-refractivity contribution in [2.24, 2.45) is 0 Å². The minimum atomic E-state index is -0.266. The first-order valence-electron chi connectivity index (χ1n) is 6.86. The Hall–Kier alpha value is -1.75. The van der Waals surface area contributed by atoms with Crippen molar-refractivity contribution in [3.05, 3.63) is 40.7 Å². The highest BCUT2D eigenvalue weighted by Gasteiger charge is 2.25. The van der Waals surface area contributed by atoms with Gasteiger partial charge in [-0.25, -0.2) is 9.37 Å². The second-order valence-corrected chi connectivity index (χ2v) is 6.81. The third kappa shape index (κ3) is 3.29. The van der Waals surface area contributed by atoms with E-state index < -0.39 is 0 Å². The van der Waals surface area contributed by atoms with Gasteiger partial charge >= 0.3 is 0 Å². The molecule has 0 amide bonds.